The number of morpholine rings is 1. The molecule has 2 aromatic rings. The van der Waals surface area contributed by atoms with Crippen LogP contribution in [0.25, 0.3) is 6.08 Å². The van der Waals surface area contributed by atoms with Crippen molar-refractivity contribution < 1.29 is 23.5 Å². The van der Waals surface area contributed by atoms with Gasteiger partial charge in [0.25, 0.3) is 17.1 Å². The number of imide groups is 1. The van der Waals surface area contributed by atoms with Crippen molar-refractivity contribution in [3.63, 3.8) is 0 Å². The molecule has 0 aliphatic carbocycles. The Hall–Kier alpha value is -2.97. The topological polar surface area (TPSA) is 66.9 Å². The maximum Gasteiger partial charge on any atom is 0.293 e. The molecule has 2 aromatic carbocycles. The fourth-order valence-electron chi connectivity index (χ4n) is 3.87. The van der Waals surface area contributed by atoms with Gasteiger partial charge in [-0.1, -0.05) is 30.3 Å². The van der Waals surface area contributed by atoms with E-state index in [-0.39, 0.29) is 35.1 Å². The van der Waals surface area contributed by atoms with Gasteiger partial charge in [-0.2, -0.15) is 0 Å². The van der Waals surface area contributed by atoms with E-state index in [1.54, 1.807) is 53.4 Å². The van der Waals surface area contributed by atoms with Gasteiger partial charge in [-0.3, -0.25) is 19.3 Å². The summed E-state index contributed by atoms with van der Waals surface area (Å²) < 4.78 is 19.6. The monoisotopic (exact) mass is 454 g/mol. The average Bonchev–Trinajstić information content (AvgIpc) is 3.01. The van der Waals surface area contributed by atoms with Gasteiger partial charge < -0.3 is 9.64 Å². The number of ether oxygens (including phenoxy) is 1. The Labute approximate surface area is 190 Å². The summed E-state index contributed by atoms with van der Waals surface area (Å²) in [5, 5.41) is -0.451. The van der Waals surface area contributed by atoms with Gasteiger partial charge >= 0.3 is 0 Å². The molecule has 0 N–H and O–H groups in total. The Kier molecular flexibility index (Phi) is 6.43. The van der Waals surface area contributed by atoms with Crippen LogP contribution in [-0.2, 0) is 16.1 Å². The molecule has 166 valence electrons. The summed E-state index contributed by atoms with van der Waals surface area (Å²) in [6.07, 6.45) is 1.52. The summed E-state index contributed by atoms with van der Waals surface area (Å²) in [6, 6.07) is 13.0. The third-order valence-corrected chi connectivity index (χ3v) is 6.21. The number of carbonyl (C=O) groups excluding carboxylic acids is 3. The predicted octanol–water partition coefficient (Wildman–Crippen LogP) is 4.31. The lowest BCUT2D eigenvalue weighted by molar-refractivity contribution is -0.123. The molecule has 2 saturated heterocycles. The zero-order valence-corrected chi connectivity index (χ0v) is 18.6. The van der Waals surface area contributed by atoms with Crippen molar-refractivity contribution in [2.24, 2.45) is 0 Å². The first-order valence-electron chi connectivity index (χ1n) is 10.4. The summed E-state index contributed by atoms with van der Waals surface area (Å²) in [5.74, 6) is -1.04. The van der Waals surface area contributed by atoms with Crippen LogP contribution in [0.1, 0.15) is 35.3 Å². The van der Waals surface area contributed by atoms with E-state index >= 15 is 0 Å². The Morgan fingerprint density at radius 2 is 1.84 bits per heavy atom. The lowest BCUT2D eigenvalue weighted by Gasteiger charge is -2.35. The lowest BCUT2D eigenvalue weighted by atomic mass is 10.1. The van der Waals surface area contributed by atoms with Crippen LogP contribution in [0.2, 0.25) is 0 Å². The molecule has 0 spiro atoms. The number of benzene rings is 2. The Balaban J connectivity index is 1.52. The van der Waals surface area contributed by atoms with E-state index in [4.69, 9.17) is 4.74 Å². The smallest absolute Gasteiger partial charge is 0.293 e. The van der Waals surface area contributed by atoms with Crippen molar-refractivity contribution in [1.29, 1.82) is 0 Å². The van der Waals surface area contributed by atoms with Crippen molar-refractivity contribution in [2.45, 2.75) is 32.6 Å². The maximum atomic E-state index is 13.9. The van der Waals surface area contributed by atoms with Gasteiger partial charge in [0.1, 0.15) is 5.82 Å². The minimum Gasteiger partial charge on any atom is -0.372 e. The molecule has 6 nitrogen and oxygen atoms in total. The van der Waals surface area contributed by atoms with Gasteiger partial charge in [-0.05, 0) is 55.4 Å². The SMILES string of the molecule is CC1CN(C(=O)c2cccc(C=C3SC(=O)N(Cc4ccccc4F)C3=O)c2)CC(C)O1. The molecule has 3 amide bonds. The van der Waals surface area contributed by atoms with E-state index in [1.807, 2.05) is 13.8 Å². The van der Waals surface area contributed by atoms with E-state index in [0.717, 1.165) is 16.7 Å². The third-order valence-electron chi connectivity index (χ3n) is 5.30. The normalized spacial score (nSPS) is 22.7. The number of amides is 3. The number of thioether (sulfide) groups is 1. The van der Waals surface area contributed by atoms with Gasteiger partial charge in [-0.15, -0.1) is 0 Å². The second-order valence-corrected chi connectivity index (χ2v) is 8.95. The maximum absolute atomic E-state index is 13.9. The zero-order valence-electron chi connectivity index (χ0n) is 17.8. The highest BCUT2D eigenvalue weighted by atomic mass is 32.2. The number of rotatable bonds is 4. The van der Waals surface area contributed by atoms with Crippen LogP contribution in [0.4, 0.5) is 9.18 Å². The molecule has 0 saturated carbocycles. The molecular formula is C24H23FN2O4S. The van der Waals surface area contributed by atoms with Gasteiger partial charge in [0.05, 0.1) is 23.7 Å². The summed E-state index contributed by atoms with van der Waals surface area (Å²) in [6.45, 7) is 4.78. The van der Waals surface area contributed by atoms with Crippen molar-refractivity contribution >= 4 is 34.9 Å². The lowest BCUT2D eigenvalue weighted by Crippen LogP contribution is -2.48. The van der Waals surface area contributed by atoms with Gasteiger partial charge in [0.2, 0.25) is 0 Å². The van der Waals surface area contributed by atoms with E-state index in [1.165, 1.54) is 6.07 Å². The largest absolute Gasteiger partial charge is 0.372 e. The minimum absolute atomic E-state index is 0.0352. The molecular weight excluding hydrogens is 431 g/mol. The van der Waals surface area contributed by atoms with Crippen LogP contribution in [0.3, 0.4) is 0 Å². The van der Waals surface area contributed by atoms with E-state index in [0.29, 0.717) is 24.2 Å². The molecule has 0 aromatic heterocycles. The van der Waals surface area contributed by atoms with E-state index in [9.17, 15) is 18.8 Å². The van der Waals surface area contributed by atoms with Crippen LogP contribution in [0, 0.1) is 5.82 Å². The van der Waals surface area contributed by atoms with Crippen LogP contribution < -0.4 is 0 Å². The molecule has 2 aliphatic heterocycles. The zero-order chi connectivity index (χ0) is 22.8. The molecule has 2 aliphatic rings. The number of carbonyl (C=O) groups is 3. The number of hydrogen-bond donors (Lipinski definition) is 0. The second-order valence-electron chi connectivity index (χ2n) is 7.95. The highest BCUT2D eigenvalue weighted by Crippen LogP contribution is 2.33. The van der Waals surface area contributed by atoms with Crippen LogP contribution in [-0.4, -0.2) is 52.2 Å². The van der Waals surface area contributed by atoms with Crippen molar-refractivity contribution in [3.8, 4) is 0 Å². The average molecular weight is 455 g/mol. The molecule has 2 atom stereocenters. The van der Waals surface area contributed by atoms with E-state index < -0.39 is 17.0 Å². The molecule has 2 fully saturated rings. The fourth-order valence-corrected chi connectivity index (χ4v) is 4.71. The second kappa shape index (κ2) is 9.26. The van der Waals surface area contributed by atoms with Gasteiger partial charge in [0, 0.05) is 24.2 Å². The number of nitrogens with zero attached hydrogens (tertiary/aromatic N) is 2. The third kappa shape index (κ3) is 4.76. The first-order valence-corrected chi connectivity index (χ1v) is 11.2. The molecule has 2 unspecified atom stereocenters. The fraction of sp³-hybridized carbons (Fsp3) is 0.292. The van der Waals surface area contributed by atoms with Crippen molar-refractivity contribution in [3.05, 3.63) is 75.9 Å². The summed E-state index contributed by atoms with van der Waals surface area (Å²) in [4.78, 5) is 41.2. The number of hydrogen-bond acceptors (Lipinski definition) is 5. The van der Waals surface area contributed by atoms with Crippen LogP contribution >= 0.6 is 11.8 Å². The minimum atomic E-state index is -0.476. The van der Waals surface area contributed by atoms with Crippen LogP contribution in [0.15, 0.2) is 53.4 Å². The quantitative estimate of drug-likeness (QED) is 0.644. The Morgan fingerprint density at radius 1 is 1.12 bits per heavy atom. The van der Waals surface area contributed by atoms with Crippen molar-refractivity contribution in [2.75, 3.05) is 13.1 Å². The highest BCUT2D eigenvalue weighted by Gasteiger charge is 2.35. The van der Waals surface area contributed by atoms with E-state index in [2.05, 4.69) is 0 Å². The summed E-state index contributed by atoms with van der Waals surface area (Å²) >= 11 is 0.809. The van der Waals surface area contributed by atoms with Gasteiger partial charge in [0.15, 0.2) is 0 Å². The molecule has 4 rings (SSSR count). The predicted molar refractivity (Wildman–Crippen MR) is 120 cm³/mol. The summed E-state index contributed by atoms with van der Waals surface area (Å²) in [7, 11) is 0. The first kappa shape index (κ1) is 22.2. The standard InChI is InChI=1S/C24H23FN2O4S/c1-15-12-26(13-16(2)31-15)22(28)18-8-5-6-17(10-18)11-21-23(29)27(24(30)32-21)14-19-7-3-4-9-20(19)25/h3-11,15-16H,12-14H2,1-2H3. The Morgan fingerprint density at radius 3 is 2.56 bits per heavy atom. The first-order chi connectivity index (χ1) is 15.3. The molecule has 2 heterocycles. The highest BCUT2D eigenvalue weighted by molar-refractivity contribution is 8.18. The molecule has 0 radical (unpaired) electrons. The Bertz CT molecular complexity index is 1090. The van der Waals surface area contributed by atoms with Crippen molar-refractivity contribution in [1.82, 2.24) is 9.80 Å². The summed E-state index contributed by atoms with van der Waals surface area (Å²) in [5.41, 5.74) is 1.42. The molecule has 8 heteroatoms. The van der Waals surface area contributed by atoms with Gasteiger partial charge in [-0.25, -0.2) is 4.39 Å². The molecule has 0 bridgehead atoms. The molecule has 32 heavy (non-hydrogen) atoms. The van der Waals surface area contributed by atoms with Crippen LogP contribution in [0.5, 0.6) is 0 Å². The number of halogens is 1.